The fourth-order valence-electron chi connectivity index (χ4n) is 2.78. The lowest BCUT2D eigenvalue weighted by atomic mass is 10.1. The van der Waals surface area contributed by atoms with Crippen LogP contribution in [0.5, 0.6) is 0 Å². The van der Waals surface area contributed by atoms with Gasteiger partial charge in [0, 0.05) is 36.5 Å². The first-order chi connectivity index (χ1) is 11.6. The zero-order chi connectivity index (χ0) is 16.7. The van der Waals surface area contributed by atoms with Gasteiger partial charge >= 0.3 is 0 Å². The van der Waals surface area contributed by atoms with E-state index >= 15 is 0 Å². The SMILES string of the molecule is Cc1cnccc1NC(=O)c1cn(C2CC2)c2ncccc2c1=O. The van der Waals surface area contributed by atoms with Crippen LogP contribution in [0.25, 0.3) is 11.0 Å². The number of carbonyl (C=O) groups is 1. The molecule has 3 heterocycles. The van der Waals surface area contributed by atoms with Crippen LogP contribution in [0.4, 0.5) is 5.69 Å². The minimum absolute atomic E-state index is 0.138. The van der Waals surface area contributed by atoms with Crippen LogP contribution >= 0.6 is 0 Å². The summed E-state index contributed by atoms with van der Waals surface area (Å²) in [5, 5.41) is 3.28. The maximum Gasteiger partial charge on any atom is 0.261 e. The van der Waals surface area contributed by atoms with E-state index in [1.54, 1.807) is 43.0 Å². The van der Waals surface area contributed by atoms with E-state index in [2.05, 4.69) is 15.3 Å². The highest BCUT2D eigenvalue weighted by atomic mass is 16.2. The highest BCUT2D eigenvalue weighted by Gasteiger charge is 2.27. The van der Waals surface area contributed by atoms with Gasteiger partial charge in [-0.05, 0) is 43.5 Å². The number of aryl methyl sites for hydroxylation is 1. The van der Waals surface area contributed by atoms with Gasteiger partial charge in [-0.3, -0.25) is 14.6 Å². The molecule has 6 nitrogen and oxygen atoms in total. The average molecular weight is 320 g/mol. The minimum Gasteiger partial charge on any atom is -0.328 e. The zero-order valence-corrected chi connectivity index (χ0v) is 13.2. The molecule has 4 rings (SSSR count). The second-order valence-corrected chi connectivity index (χ2v) is 6.03. The van der Waals surface area contributed by atoms with Gasteiger partial charge in [0.2, 0.25) is 5.43 Å². The Morgan fingerprint density at radius 2 is 2.12 bits per heavy atom. The molecule has 0 aromatic carbocycles. The van der Waals surface area contributed by atoms with E-state index in [0.29, 0.717) is 22.8 Å². The van der Waals surface area contributed by atoms with Gasteiger partial charge in [-0.25, -0.2) is 4.98 Å². The standard InChI is InChI=1S/C18H16N4O2/c1-11-9-19-8-6-15(11)21-18(24)14-10-22(12-4-5-12)17-13(16(14)23)3-2-7-20-17/h2-3,6-10,12H,4-5H2,1H3,(H,19,21,24). The van der Waals surface area contributed by atoms with Gasteiger partial charge in [-0.1, -0.05) is 0 Å². The van der Waals surface area contributed by atoms with Crippen LogP contribution in [0.3, 0.4) is 0 Å². The third-order valence-corrected chi connectivity index (χ3v) is 4.24. The molecule has 1 fully saturated rings. The summed E-state index contributed by atoms with van der Waals surface area (Å²) < 4.78 is 1.95. The summed E-state index contributed by atoms with van der Waals surface area (Å²) in [6.45, 7) is 1.86. The van der Waals surface area contributed by atoms with E-state index in [0.717, 1.165) is 18.4 Å². The molecular weight excluding hydrogens is 304 g/mol. The number of nitrogens with zero attached hydrogens (tertiary/aromatic N) is 3. The molecule has 6 heteroatoms. The van der Waals surface area contributed by atoms with Crippen LogP contribution in [0.15, 0.2) is 47.8 Å². The van der Waals surface area contributed by atoms with E-state index in [9.17, 15) is 9.59 Å². The molecule has 24 heavy (non-hydrogen) atoms. The molecule has 3 aromatic rings. The van der Waals surface area contributed by atoms with Crippen LogP contribution in [0.2, 0.25) is 0 Å². The Labute approximate surface area is 138 Å². The van der Waals surface area contributed by atoms with Gasteiger partial charge in [0.1, 0.15) is 11.2 Å². The largest absolute Gasteiger partial charge is 0.328 e. The molecule has 0 saturated heterocycles. The lowest BCUT2D eigenvalue weighted by Gasteiger charge is -2.12. The zero-order valence-electron chi connectivity index (χ0n) is 13.2. The third-order valence-electron chi connectivity index (χ3n) is 4.24. The van der Waals surface area contributed by atoms with Crippen molar-refractivity contribution >= 4 is 22.6 Å². The van der Waals surface area contributed by atoms with Crippen molar-refractivity contribution < 1.29 is 4.79 Å². The van der Waals surface area contributed by atoms with E-state index in [1.807, 2.05) is 11.5 Å². The Bertz CT molecular complexity index is 1010. The predicted molar refractivity (Wildman–Crippen MR) is 91.2 cm³/mol. The Morgan fingerprint density at radius 3 is 2.88 bits per heavy atom. The molecule has 120 valence electrons. The van der Waals surface area contributed by atoms with Crippen molar-refractivity contribution in [3.05, 3.63) is 64.3 Å². The molecule has 0 radical (unpaired) electrons. The fraction of sp³-hybridized carbons (Fsp3) is 0.222. The monoisotopic (exact) mass is 320 g/mol. The number of hydrogen-bond acceptors (Lipinski definition) is 4. The number of pyridine rings is 3. The number of anilines is 1. The third kappa shape index (κ3) is 2.46. The van der Waals surface area contributed by atoms with Crippen molar-refractivity contribution in [2.45, 2.75) is 25.8 Å². The molecule has 1 amide bonds. The van der Waals surface area contributed by atoms with Crippen molar-refractivity contribution in [2.75, 3.05) is 5.32 Å². The number of fused-ring (bicyclic) bond motifs is 1. The number of aromatic nitrogens is 3. The van der Waals surface area contributed by atoms with Crippen LogP contribution in [-0.4, -0.2) is 20.4 Å². The van der Waals surface area contributed by atoms with Gasteiger partial charge in [0.05, 0.1) is 5.39 Å². The molecule has 0 bridgehead atoms. The normalized spacial score (nSPS) is 13.9. The molecule has 1 N–H and O–H groups in total. The number of hydrogen-bond donors (Lipinski definition) is 1. The van der Waals surface area contributed by atoms with E-state index in [1.165, 1.54) is 0 Å². The van der Waals surface area contributed by atoms with Crippen LogP contribution in [0.1, 0.15) is 34.8 Å². The molecule has 0 atom stereocenters. The van der Waals surface area contributed by atoms with Crippen LogP contribution in [-0.2, 0) is 0 Å². The van der Waals surface area contributed by atoms with Crippen LogP contribution in [0, 0.1) is 6.92 Å². The smallest absolute Gasteiger partial charge is 0.261 e. The second-order valence-electron chi connectivity index (χ2n) is 6.03. The molecule has 1 aliphatic carbocycles. The summed E-state index contributed by atoms with van der Waals surface area (Å²) in [7, 11) is 0. The summed E-state index contributed by atoms with van der Waals surface area (Å²) in [4.78, 5) is 33.7. The Morgan fingerprint density at radius 1 is 1.29 bits per heavy atom. The van der Waals surface area contributed by atoms with Crippen molar-refractivity contribution in [1.29, 1.82) is 0 Å². The van der Waals surface area contributed by atoms with Crippen molar-refractivity contribution in [3.63, 3.8) is 0 Å². The Hall–Kier alpha value is -3.02. The first-order valence-electron chi connectivity index (χ1n) is 7.87. The maximum atomic E-state index is 12.7. The summed E-state index contributed by atoms with van der Waals surface area (Å²) in [5.74, 6) is -0.408. The van der Waals surface area contributed by atoms with E-state index in [4.69, 9.17) is 0 Å². The summed E-state index contributed by atoms with van der Waals surface area (Å²) >= 11 is 0. The number of rotatable bonds is 3. The fourth-order valence-corrected chi connectivity index (χ4v) is 2.78. The molecule has 0 unspecified atom stereocenters. The summed E-state index contributed by atoms with van der Waals surface area (Å²) in [6, 6.07) is 5.47. The van der Waals surface area contributed by atoms with E-state index in [-0.39, 0.29) is 11.0 Å². The van der Waals surface area contributed by atoms with Gasteiger partial charge in [0.25, 0.3) is 5.91 Å². The average Bonchev–Trinajstić information content (AvgIpc) is 3.42. The molecule has 3 aromatic heterocycles. The Balaban J connectivity index is 1.82. The van der Waals surface area contributed by atoms with Crippen molar-refractivity contribution in [1.82, 2.24) is 14.5 Å². The minimum atomic E-state index is -0.408. The molecular formula is C18H16N4O2. The molecule has 0 aliphatic heterocycles. The molecule has 0 spiro atoms. The van der Waals surface area contributed by atoms with Crippen molar-refractivity contribution in [3.8, 4) is 0 Å². The maximum absolute atomic E-state index is 12.7. The van der Waals surface area contributed by atoms with Crippen molar-refractivity contribution in [2.24, 2.45) is 0 Å². The topological polar surface area (TPSA) is 76.9 Å². The van der Waals surface area contributed by atoms with E-state index < -0.39 is 5.91 Å². The number of amides is 1. The van der Waals surface area contributed by atoms with Gasteiger partial charge in [0.15, 0.2) is 0 Å². The predicted octanol–water partition coefficient (Wildman–Crippen LogP) is 2.69. The summed E-state index contributed by atoms with van der Waals surface area (Å²) in [6.07, 6.45) is 8.66. The summed E-state index contributed by atoms with van der Waals surface area (Å²) in [5.41, 5.74) is 1.98. The lowest BCUT2D eigenvalue weighted by Crippen LogP contribution is -2.24. The van der Waals surface area contributed by atoms with Crippen LogP contribution < -0.4 is 10.7 Å². The lowest BCUT2D eigenvalue weighted by molar-refractivity contribution is 0.102. The highest BCUT2D eigenvalue weighted by molar-refractivity contribution is 6.05. The number of carbonyl (C=O) groups excluding carboxylic acids is 1. The van der Waals surface area contributed by atoms with Gasteiger partial charge < -0.3 is 9.88 Å². The van der Waals surface area contributed by atoms with Gasteiger partial charge in [-0.2, -0.15) is 0 Å². The molecule has 1 saturated carbocycles. The number of nitrogens with one attached hydrogen (secondary N) is 1. The van der Waals surface area contributed by atoms with Gasteiger partial charge in [-0.15, -0.1) is 0 Å². The first-order valence-corrected chi connectivity index (χ1v) is 7.87. The quantitative estimate of drug-likeness (QED) is 0.805. The first kappa shape index (κ1) is 14.6. The highest BCUT2D eigenvalue weighted by Crippen LogP contribution is 2.36. The molecule has 1 aliphatic rings. The second kappa shape index (κ2) is 5.56. The Kier molecular flexibility index (Phi) is 3.37.